The van der Waals surface area contributed by atoms with Gasteiger partial charge in [0.05, 0.1) is 37.0 Å². The normalized spacial score (nSPS) is 15.3. The Kier molecular flexibility index (Phi) is 8.57. The van der Waals surface area contributed by atoms with E-state index in [1.807, 2.05) is 18.4 Å². The number of rotatable bonds is 8. The molecule has 2 heterocycles. The van der Waals surface area contributed by atoms with Crippen molar-refractivity contribution in [1.82, 2.24) is 4.57 Å². The number of benzene rings is 2. The average Bonchev–Trinajstić information content (AvgIpc) is 3.23. The van der Waals surface area contributed by atoms with E-state index in [1.165, 1.54) is 11.0 Å². The number of hydrogen-bond acceptors (Lipinski definition) is 6. The second-order valence-corrected chi connectivity index (χ2v) is 13.1. The van der Waals surface area contributed by atoms with Gasteiger partial charge in [0, 0.05) is 29.7 Å². The first kappa shape index (κ1) is 30.0. The van der Waals surface area contributed by atoms with E-state index in [1.54, 1.807) is 41.3 Å². The smallest absolute Gasteiger partial charge is 0.283 e. The summed E-state index contributed by atoms with van der Waals surface area (Å²) in [7, 11) is -8.85. The largest absolute Gasteiger partial charge is 0.341 e. The van der Waals surface area contributed by atoms with Crippen LogP contribution in [0.3, 0.4) is 0 Å². The molecule has 39 heavy (non-hydrogen) atoms. The number of anilines is 2. The quantitative estimate of drug-likeness (QED) is 0.257. The van der Waals surface area contributed by atoms with Gasteiger partial charge in [-0.15, -0.1) is 0 Å². The van der Waals surface area contributed by atoms with Crippen LogP contribution in [0.5, 0.6) is 0 Å². The molecule has 2 N–H and O–H groups in total. The minimum atomic E-state index is -4.44. The zero-order valence-corrected chi connectivity index (χ0v) is 25.2. The summed E-state index contributed by atoms with van der Waals surface area (Å²) in [5, 5.41) is 1.51. The molecule has 0 saturated carbocycles. The number of hydrogen-bond donors (Lipinski definition) is 2. The van der Waals surface area contributed by atoms with E-state index in [4.69, 9.17) is 46.4 Å². The highest BCUT2D eigenvalue weighted by molar-refractivity contribution is 7.85. The first-order chi connectivity index (χ1) is 18.1. The number of allylic oxidation sites excluding steroid dienone is 2. The van der Waals surface area contributed by atoms with Crippen molar-refractivity contribution >= 4 is 95.0 Å². The molecule has 0 unspecified atom stereocenters. The van der Waals surface area contributed by atoms with Crippen molar-refractivity contribution < 1.29 is 25.9 Å². The van der Waals surface area contributed by atoms with Gasteiger partial charge in [-0.1, -0.05) is 52.5 Å². The van der Waals surface area contributed by atoms with Gasteiger partial charge in [0.25, 0.3) is 20.2 Å². The molecule has 1 aliphatic heterocycles. The summed E-state index contributed by atoms with van der Waals surface area (Å²) in [6, 6.07) is 6.30. The monoisotopic (exact) mass is 653 g/mol. The summed E-state index contributed by atoms with van der Waals surface area (Å²) in [6.45, 7) is 4.58. The van der Waals surface area contributed by atoms with Crippen molar-refractivity contribution in [2.24, 2.45) is 0 Å². The van der Waals surface area contributed by atoms with Crippen molar-refractivity contribution in [3.63, 3.8) is 0 Å². The Labute approximate surface area is 246 Å². The van der Waals surface area contributed by atoms with E-state index in [0.29, 0.717) is 52.4 Å². The lowest BCUT2D eigenvalue weighted by atomic mass is 10.1. The van der Waals surface area contributed by atoms with E-state index in [0.717, 1.165) is 0 Å². The molecule has 1 aromatic heterocycles. The fourth-order valence-corrected chi connectivity index (χ4v) is 6.59. The SMILES string of the molecule is CCN1/C(=C/C=C/c2c(CS(=O)(=O)O)c3cc(Cl)c(Cl)cc3n2CC)N(CS(=O)(=O)O)c2cc(Cl)c(Cl)cc21. The van der Waals surface area contributed by atoms with Crippen LogP contribution in [-0.4, -0.2) is 42.9 Å². The highest BCUT2D eigenvalue weighted by Gasteiger charge is 2.33. The van der Waals surface area contributed by atoms with Crippen LogP contribution in [0.2, 0.25) is 20.1 Å². The summed E-state index contributed by atoms with van der Waals surface area (Å²) in [5.41, 5.74) is 2.44. The van der Waals surface area contributed by atoms with Crippen molar-refractivity contribution in [2.75, 3.05) is 22.2 Å². The molecule has 9 nitrogen and oxygen atoms in total. The third-order valence-electron chi connectivity index (χ3n) is 6.16. The lowest BCUT2D eigenvalue weighted by Crippen LogP contribution is -2.32. The van der Waals surface area contributed by atoms with Gasteiger partial charge in [-0.3, -0.25) is 9.11 Å². The summed E-state index contributed by atoms with van der Waals surface area (Å²) < 4.78 is 68.7. The number of aryl methyl sites for hydroxylation is 1. The molecule has 0 amide bonds. The summed E-state index contributed by atoms with van der Waals surface area (Å²) in [5.74, 6) is -1.00. The molecule has 0 atom stereocenters. The molecule has 0 fully saturated rings. The molecular formula is C24H23Cl4N3O6S2. The molecule has 1 aliphatic rings. The van der Waals surface area contributed by atoms with Crippen LogP contribution in [0.4, 0.5) is 11.4 Å². The van der Waals surface area contributed by atoms with Gasteiger partial charge in [0.1, 0.15) is 11.6 Å². The maximum absolute atomic E-state index is 11.9. The molecule has 210 valence electrons. The average molecular weight is 655 g/mol. The molecule has 3 aromatic rings. The maximum Gasteiger partial charge on any atom is 0.283 e. The maximum atomic E-state index is 11.9. The Bertz CT molecular complexity index is 1750. The van der Waals surface area contributed by atoms with Crippen LogP contribution >= 0.6 is 46.4 Å². The summed E-state index contributed by atoms with van der Waals surface area (Å²) in [4.78, 5) is 3.18. The fraction of sp³-hybridized carbons (Fsp3) is 0.250. The molecular weight excluding hydrogens is 632 g/mol. The second-order valence-electron chi connectivity index (χ2n) is 8.64. The van der Waals surface area contributed by atoms with Crippen molar-refractivity contribution in [2.45, 2.75) is 26.1 Å². The Morgan fingerprint density at radius 3 is 1.90 bits per heavy atom. The van der Waals surface area contributed by atoms with E-state index >= 15 is 0 Å². The number of nitrogens with zero attached hydrogens (tertiary/aromatic N) is 3. The predicted octanol–water partition coefficient (Wildman–Crippen LogP) is 6.71. The lowest BCUT2D eigenvalue weighted by Gasteiger charge is -2.23. The molecule has 2 aromatic carbocycles. The van der Waals surface area contributed by atoms with Gasteiger partial charge in [-0.25, -0.2) is 0 Å². The zero-order chi connectivity index (χ0) is 28.9. The van der Waals surface area contributed by atoms with Crippen molar-refractivity contribution in [3.8, 4) is 0 Å². The standard InChI is InChI=1S/C24H23Cl4N3O6S2/c1-3-29-20(15(12-38(32,33)34)14-8-16(25)17(26)9-21(14)29)6-5-7-24-30(4-2)22-10-18(27)19(28)11-23(22)31(24)13-39(35,36)37/h5-11H,3-4,12-13H2,1-2H3,(H,32,33,34)(H,35,36,37)/b6-5+,24-7-. The Morgan fingerprint density at radius 2 is 1.36 bits per heavy atom. The fourth-order valence-electron chi connectivity index (χ4n) is 4.68. The van der Waals surface area contributed by atoms with E-state index in [-0.39, 0.29) is 20.1 Å². The van der Waals surface area contributed by atoms with Gasteiger partial charge in [-0.2, -0.15) is 16.8 Å². The van der Waals surface area contributed by atoms with Gasteiger partial charge in [0.15, 0.2) is 5.88 Å². The minimum absolute atomic E-state index is 0.211. The third kappa shape index (κ3) is 6.20. The van der Waals surface area contributed by atoms with Crippen LogP contribution in [0.1, 0.15) is 25.1 Å². The van der Waals surface area contributed by atoms with E-state index in [2.05, 4.69) is 0 Å². The molecule has 0 aliphatic carbocycles. The predicted molar refractivity (Wildman–Crippen MR) is 158 cm³/mol. The molecule has 0 bridgehead atoms. The second kappa shape index (κ2) is 11.1. The van der Waals surface area contributed by atoms with E-state index in [9.17, 15) is 25.9 Å². The Morgan fingerprint density at radius 1 is 0.795 bits per heavy atom. The zero-order valence-electron chi connectivity index (χ0n) is 20.6. The minimum Gasteiger partial charge on any atom is -0.341 e. The topological polar surface area (TPSA) is 120 Å². The Balaban J connectivity index is 1.90. The van der Waals surface area contributed by atoms with E-state index < -0.39 is 31.9 Å². The van der Waals surface area contributed by atoms with Crippen LogP contribution in [0, 0.1) is 0 Å². The number of aromatic nitrogens is 1. The van der Waals surface area contributed by atoms with Crippen molar-refractivity contribution in [3.05, 3.63) is 73.6 Å². The molecule has 0 radical (unpaired) electrons. The highest BCUT2D eigenvalue weighted by Crippen LogP contribution is 2.45. The highest BCUT2D eigenvalue weighted by atomic mass is 35.5. The van der Waals surface area contributed by atoms with Gasteiger partial charge < -0.3 is 14.4 Å². The van der Waals surface area contributed by atoms with Gasteiger partial charge >= 0.3 is 0 Å². The Hall–Kier alpha value is -1.96. The summed E-state index contributed by atoms with van der Waals surface area (Å²) >= 11 is 24.9. The van der Waals surface area contributed by atoms with Gasteiger partial charge in [-0.05, 0) is 50.3 Å². The van der Waals surface area contributed by atoms with Crippen LogP contribution < -0.4 is 9.80 Å². The van der Waals surface area contributed by atoms with Crippen LogP contribution in [-0.2, 0) is 32.5 Å². The molecule has 4 rings (SSSR count). The third-order valence-corrected chi connectivity index (χ3v) is 8.84. The molecule has 15 heteroatoms. The van der Waals surface area contributed by atoms with Crippen LogP contribution in [0.15, 0.2) is 42.2 Å². The van der Waals surface area contributed by atoms with Crippen LogP contribution in [0.25, 0.3) is 17.0 Å². The number of halogens is 4. The first-order valence-corrected chi connectivity index (χ1v) is 16.2. The first-order valence-electron chi connectivity index (χ1n) is 11.5. The lowest BCUT2D eigenvalue weighted by molar-refractivity contribution is 0.480. The molecule has 0 saturated heterocycles. The number of fused-ring (bicyclic) bond motifs is 2. The molecule has 0 spiro atoms. The summed E-state index contributed by atoms with van der Waals surface area (Å²) in [6.07, 6.45) is 4.87. The van der Waals surface area contributed by atoms with Crippen molar-refractivity contribution in [1.29, 1.82) is 0 Å². The van der Waals surface area contributed by atoms with Gasteiger partial charge in [0.2, 0.25) is 0 Å².